The molecule has 1 unspecified atom stereocenters. The molecular formula is C28H29Cl3N2O3. The first-order valence-corrected chi connectivity index (χ1v) is 12.6. The molecule has 2 amide bonds. The minimum absolute atomic E-state index is 0.173. The van der Waals surface area contributed by atoms with Crippen molar-refractivity contribution in [2.45, 2.75) is 45.3 Å². The van der Waals surface area contributed by atoms with E-state index in [-0.39, 0.29) is 25.0 Å². The lowest BCUT2D eigenvalue weighted by Crippen LogP contribution is -2.55. The van der Waals surface area contributed by atoms with E-state index in [1.165, 1.54) is 4.90 Å². The topological polar surface area (TPSA) is 58.6 Å². The highest BCUT2D eigenvalue weighted by atomic mass is 35.5. The molecule has 0 aromatic heterocycles. The van der Waals surface area contributed by atoms with E-state index in [0.29, 0.717) is 27.2 Å². The Kier molecular flexibility index (Phi) is 9.66. The second-order valence-electron chi connectivity index (χ2n) is 9.46. The van der Waals surface area contributed by atoms with Crippen molar-refractivity contribution in [3.05, 3.63) is 99.0 Å². The second kappa shape index (κ2) is 12.5. The van der Waals surface area contributed by atoms with Crippen molar-refractivity contribution in [2.24, 2.45) is 0 Å². The molecule has 0 fully saturated rings. The highest BCUT2D eigenvalue weighted by Crippen LogP contribution is 2.28. The molecule has 0 heterocycles. The monoisotopic (exact) mass is 546 g/mol. The molecule has 0 radical (unpaired) electrons. The lowest BCUT2D eigenvalue weighted by molar-refractivity contribution is -0.143. The fourth-order valence-electron chi connectivity index (χ4n) is 3.65. The summed E-state index contributed by atoms with van der Waals surface area (Å²) in [5.41, 5.74) is 1.24. The molecule has 1 N–H and O–H groups in total. The SMILES string of the molecule is CC(C)(C)NC(=O)C(Cc1ccccc1)N(Cc1cccc(Cl)c1)C(=O)COc1ccc(Cl)cc1Cl. The summed E-state index contributed by atoms with van der Waals surface area (Å²) in [5.74, 6) is -0.298. The lowest BCUT2D eigenvalue weighted by atomic mass is 10.0. The van der Waals surface area contributed by atoms with Gasteiger partial charge in [0.2, 0.25) is 5.91 Å². The zero-order valence-electron chi connectivity index (χ0n) is 20.4. The summed E-state index contributed by atoms with van der Waals surface area (Å²) in [4.78, 5) is 28.7. The minimum Gasteiger partial charge on any atom is -0.482 e. The Hall–Kier alpha value is -2.73. The maximum atomic E-state index is 13.6. The van der Waals surface area contributed by atoms with Crippen LogP contribution in [0.4, 0.5) is 0 Å². The van der Waals surface area contributed by atoms with E-state index in [1.807, 2.05) is 63.2 Å². The van der Waals surface area contributed by atoms with Crippen LogP contribution in [0.3, 0.4) is 0 Å². The number of benzene rings is 3. The van der Waals surface area contributed by atoms with Gasteiger partial charge in [-0.15, -0.1) is 0 Å². The van der Waals surface area contributed by atoms with Gasteiger partial charge in [0.1, 0.15) is 11.8 Å². The number of nitrogens with one attached hydrogen (secondary N) is 1. The Balaban J connectivity index is 1.94. The number of carbonyl (C=O) groups excluding carboxylic acids is 2. The van der Waals surface area contributed by atoms with Gasteiger partial charge in [0.15, 0.2) is 6.61 Å². The smallest absolute Gasteiger partial charge is 0.261 e. The van der Waals surface area contributed by atoms with Crippen LogP contribution in [0, 0.1) is 0 Å². The van der Waals surface area contributed by atoms with E-state index >= 15 is 0 Å². The number of carbonyl (C=O) groups is 2. The Morgan fingerprint density at radius 3 is 2.19 bits per heavy atom. The third-order valence-electron chi connectivity index (χ3n) is 5.26. The molecule has 1 atom stereocenters. The molecule has 190 valence electrons. The fourth-order valence-corrected chi connectivity index (χ4v) is 4.33. The first-order chi connectivity index (χ1) is 17.0. The summed E-state index contributed by atoms with van der Waals surface area (Å²) in [6, 6.07) is 20.8. The van der Waals surface area contributed by atoms with Gasteiger partial charge in [0, 0.05) is 28.5 Å². The van der Waals surface area contributed by atoms with E-state index in [2.05, 4.69) is 5.32 Å². The van der Waals surface area contributed by atoms with Gasteiger partial charge < -0.3 is 15.0 Å². The summed E-state index contributed by atoms with van der Waals surface area (Å²) in [7, 11) is 0. The maximum Gasteiger partial charge on any atom is 0.261 e. The summed E-state index contributed by atoms with van der Waals surface area (Å²) in [6.07, 6.45) is 0.330. The maximum absolute atomic E-state index is 13.6. The molecule has 3 rings (SSSR count). The third kappa shape index (κ3) is 8.44. The molecule has 5 nitrogen and oxygen atoms in total. The van der Waals surface area contributed by atoms with Crippen LogP contribution in [0.5, 0.6) is 5.75 Å². The van der Waals surface area contributed by atoms with Gasteiger partial charge in [-0.1, -0.05) is 77.3 Å². The predicted molar refractivity (Wildman–Crippen MR) is 146 cm³/mol. The van der Waals surface area contributed by atoms with E-state index in [9.17, 15) is 9.59 Å². The first kappa shape index (κ1) is 27.9. The van der Waals surface area contributed by atoms with Gasteiger partial charge in [-0.05, 0) is 62.2 Å². The van der Waals surface area contributed by atoms with Crippen LogP contribution in [-0.2, 0) is 22.6 Å². The van der Waals surface area contributed by atoms with E-state index in [4.69, 9.17) is 39.5 Å². The Labute approximate surface area is 227 Å². The van der Waals surface area contributed by atoms with Crippen molar-refractivity contribution in [1.29, 1.82) is 0 Å². The van der Waals surface area contributed by atoms with Crippen LogP contribution >= 0.6 is 34.8 Å². The standard InChI is InChI=1S/C28H29Cl3N2O3/c1-28(2,3)32-27(35)24(15-19-8-5-4-6-9-19)33(17-20-10-7-11-21(29)14-20)26(34)18-36-25-13-12-22(30)16-23(25)31/h4-14,16,24H,15,17-18H2,1-3H3,(H,32,35). The Morgan fingerprint density at radius 1 is 0.889 bits per heavy atom. The quantitative estimate of drug-likeness (QED) is 0.329. The second-order valence-corrected chi connectivity index (χ2v) is 10.7. The normalized spacial score (nSPS) is 12.1. The summed E-state index contributed by atoms with van der Waals surface area (Å²) < 4.78 is 5.74. The van der Waals surface area contributed by atoms with Crippen molar-refractivity contribution < 1.29 is 14.3 Å². The van der Waals surface area contributed by atoms with E-state index in [0.717, 1.165) is 11.1 Å². The minimum atomic E-state index is -0.789. The van der Waals surface area contributed by atoms with Crippen LogP contribution in [0.15, 0.2) is 72.8 Å². The molecule has 0 bridgehead atoms. The highest BCUT2D eigenvalue weighted by molar-refractivity contribution is 6.35. The summed E-state index contributed by atoms with van der Waals surface area (Å²) in [6.45, 7) is 5.57. The van der Waals surface area contributed by atoms with Crippen LogP contribution in [0.2, 0.25) is 15.1 Å². The molecule has 0 aliphatic heterocycles. The molecule has 0 spiro atoms. The Bertz CT molecular complexity index is 1200. The van der Waals surface area contributed by atoms with Crippen molar-refractivity contribution in [3.8, 4) is 5.75 Å². The first-order valence-electron chi connectivity index (χ1n) is 11.5. The largest absolute Gasteiger partial charge is 0.482 e. The van der Waals surface area contributed by atoms with Gasteiger partial charge in [0.05, 0.1) is 5.02 Å². The van der Waals surface area contributed by atoms with Crippen molar-refractivity contribution in [1.82, 2.24) is 10.2 Å². The van der Waals surface area contributed by atoms with E-state index < -0.39 is 11.6 Å². The number of ether oxygens (including phenoxy) is 1. The molecule has 0 aliphatic carbocycles. The molecular weight excluding hydrogens is 519 g/mol. The zero-order valence-corrected chi connectivity index (χ0v) is 22.7. The summed E-state index contributed by atoms with van der Waals surface area (Å²) >= 11 is 18.4. The number of hydrogen-bond donors (Lipinski definition) is 1. The molecule has 0 saturated heterocycles. The highest BCUT2D eigenvalue weighted by Gasteiger charge is 2.32. The molecule has 8 heteroatoms. The van der Waals surface area contributed by atoms with Crippen molar-refractivity contribution in [3.63, 3.8) is 0 Å². The molecule has 0 aliphatic rings. The average molecular weight is 548 g/mol. The number of nitrogens with zero attached hydrogens (tertiary/aromatic N) is 1. The summed E-state index contributed by atoms with van der Waals surface area (Å²) in [5, 5.41) is 4.33. The predicted octanol–water partition coefficient (Wildman–Crippen LogP) is 6.58. The van der Waals surface area contributed by atoms with Crippen molar-refractivity contribution in [2.75, 3.05) is 6.61 Å². The van der Waals surface area contributed by atoms with Crippen LogP contribution < -0.4 is 10.1 Å². The number of rotatable bonds is 9. The molecule has 3 aromatic carbocycles. The van der Waals surface area contributed by atoms with Crippen molar-refractivity contribution >= 4 is 46.6 Å². The average Bonchev–Trinajstić information content (AvgIpc) is 2.80. The van der Waals surface area contributed by atoms with Crippen LogP contribution in [0.25, 0.3) is 0 Å². The zero-order chi connectivity index (χ0) is 26.3. The van der Waals surface area contributed by atoms with Crippen LogP contribution in [-0.4, -0.2) is 34.9 Å². The number of halogens is 3. The van der Waals surface area contributed by atoms with Gasteiger partial charge in [-0.3, -0.25) is 9.59 Å². The molecule has 3 aromatic rings. The van der Waals surface area contributed by atoms with Gasteiger partial charge in [-0.2, -0.15) is 0 Å². The number of amides is 2. The fraction of sp³-hybridized carbons (Fsp3) is 0.286. The lowest BCUT2D eigenvalue weighted by Gasteiger charge is -2.33. The van der Waals surface area contributed by atoms with Gasteiger partial charge in [-0.25, -0.2) is 0 Å². The third-order valence-corrected chi connectivity index (χ3v) is 6.02. The number of hydrogen-bond acceptors (Lipinski definition) is 3. The van der Waals surface area contributed by atoms with Gasteiger partial charge in [0.25, 0.3) is 5.91 Å². The molecule has 36 heavy (non-hydrogen) atoms. The Morgan fingerprint density at radius 2 is 1.56 bits per heavy atom. The van der Waals surface area contributed by atoms with E-state index in [1.54, 1.807) is 30.3 Å². The van der Waals surface area contributed by atoms with Crippen LogP contribution in [0.1, 0.15) is 31.9 Å². The molecule has 0 saturated carbocycles. The van der Waals surface area contributed by atoms with Gasteiger partial charge >= 0.3 is 0 Å².